The highest BCUT2D eigenvalue weighted by Crippen LogP contribution is 2.19. The summed E-state index contributed by atoms with van der Waals surface area (Å²) < 4.78 is 11.2. The first-order chi connectivity index (χ1) is 10.3. The third kappa shape index (κ3) is 6.06. The molecule has 3 nitrogen and oxygen atoms in total. The van der Waals surface area contributed by atoms with E-state index in [-0.39, 0.29) is 0 Å². The Morgan fingerprint density at radius 3 is 2.57 bits per heavy atom. The van der Waals surface area contributed by atoms with Crippen LogP contribution < -0.4 is 4.74 Å². The largest absolute Gasteiger partial charge is 0.493 e. The number of ether oxygens (including phenoxy) is 2. The van der Waals surface area contributed by atoms with Crippen molar-refractivity contribution in [2.45, 2.75) is 39.5 Å². The minimum Gasteiger partial charge on any atom is -0.493 e. The molecule has 1 heterocycles. The van der Waals surface area contributed by atoms with Crippen LogP contribution in [0, 0.1) is 13.8 Å². The van der Waals surface area contributed by atoms with Crippen LogP contribution in [0.3, 0.4) is 0 Å². The molecule has 0 N–H and O–H groups in total. The molecule has 3 heteroatoms. The Hall–Kier alpha value is -1.06. The number of nitrogens with zero attached hydrogens (tertiary/aromatic N) is 1. The summed E-state index contributed by atoms with van der Waals surface area (Å²) in [6, 6.07) is 6.38. The second-order valence-corrected chi connectivity index (χ2v) is 5.99. The molecule has 2 rings (SSSR count). The minimum absolute atomic E-state index is 0.835. The van der Waals surface area contributed by atoms with E-state index in [9.17, 15) is 0 Å². The van der Waals surface area contributed by atoms with Crippen molar-refractivity contribution in [3.8, 4) is 5.75 Å². The van der Waals surface area contributed by atoms with Gasteiger partial charge in [-0.3, -0.25) is 4.90 Å². The van der Waals surface area contributed by atoms with Crippen molar-refractivity contribution in [1.29, 1.82) is 0 Å². The van der Waals surface area contributed by atoms with Crippen LogP contribution in [0.1, 0.15) is 36.8 Å². The molecule has 0 atom stereocenters. The fraction of sp³-hybridized carbons (Fsp3) is 0.667. The Morgan fingerprint density at radius 2 is 1.81 bits per heavy atom. The van der Waals surface area contributed by atoms with Crippen molar-refractivity contribution < 1.29 is 9.47 Å². The Labute approximate surface area is 129 Å². The summed E-state index contributed by atoms with van der Waals surface area (Å²) in [6.07, 6.45) is 5.00. The first-order valence-electron chi connectivity index (χ1n) is 8.26. The van der Waals surface area contributed by atoms with Gasteiger partial charge >= 0.3 is 0 Å². The van der Waals surface area contributed by atoms with Gasteiger partial charge < -0.3 is 9.47 Å². The monoisotopic (exact) mass is 291 g/mol. The first-order valence-corrected chi connectivity index (χ1v) is 8.26. The third-order valence-corrected chi connectivity index (χ3v) is 4.06. The van der Waals surface area contributed by atoms with Gasteiger partial charge in [0.2, 0.25) is 0 Å². The molecule has 0 unspecified atom stereocenters. The average Bonchev–Trinajstić information content (AvgIpc) is 2.49. The van der Waals surface area contributed by atoms with Crippen LogP contribution in [0.15, 0.2) is 18.2 Å². The summed E-state index contributed by atoms with van der Waals surface area (Å²) in [4.78, 5) is 2.51. The van der Waals surface area contributed by atoms with Crippen molar-refractivity contribution in [2.24, 2.45) is 0 Å². The zero-order chi connectivity index (χ0) is 14.9. The second kappa shape index (κ2) is 9.06. The molecule has 1 aliphatic heterocycles. The topological polar surface area (TPSA) is 21.7 Å². The van der Waals surface area contributed by atoms with Crippen LogP contribution in [-0.4, -0.2) is 44.4 Å². The van der Waals surface area contributed by atoms with E-state index >= 15 is 0 Å². The van der Waals surface area contributed by atoms with Crippen molar-refractivity contribution in [3.63, 3.8) is 0 Å². The predicted octanol–water partition coefficient (Wildman–Crippen LogP) is 3.57. The second-order valence-electron chi connectivity index (χ2n) is 5.99. The zero-order valence-corrected chi connectivity index (χ0v) is 13.6. The van der Waals surface area contributed by atoms with E-state index in [0.29, 0.717) is 0 Å². The Morgan fingerprint density at radius 1 is 1.05 bits per heavy atom. The molecule has 1 aliphatic rings. The normalized spacial score (nSPS) is 16.1. The molecular formula is C18H29NO2. The summed E-state index contributed by atoms with van der Waals surface area (Å²) in [7, 11) is 0. The van der Waals surface area contributed by atoms with Crippen LogP contribution in [0.5, 0.6) is 5.75 Å². The summed E-state index contributed by atoms with van der Waals surface area (Å²) >= 11 is 0. The van der Waals surface area contributed by atoms with Crippen LogP contribution >= 0.6 is 0 Å². The van der Waals surface area contributed by atoms with Gasteiger partial charge in [-0.25, -0.2) is 0 Å². The van der Waals surface area contributed by atoms with E-state index < -0.39 is 0 Å². The lowest BCUT2D eigenvalue weighted by molar-refractivity contribution is 0.0371. The van der Waals surface area contributed by atoms with Gasteiger partial charge in [0.1, 0.15) is 5.75 Å². The van der Waals surface area contributed by atoms with Gasteiger partial charge in [0, 0.05) is 13.1 Å². The Kier molecular flexibility index (Phi) is 7.04. The van der Waals surface area contributed by atoms with Gasteiger partial charge in [-0.1, -0.05) is 30.5 Å². The highest BCUT2D eigenvalue weighted by molar-refractivity contribution is 5.35. The zero-order valence-electron chi connectivity index (χ0n) is 13.6. The number of hydrogen-bond donors (Lipinski definition) is 0. The van der Waals surface area contributed by atoms with E-state index in [2.05, 4.69) is 36.9 Å². The van der Waals surface area contributed by atoms with Gasteiger partial charge in [0.05, 0.1) is 19.8 Å². The van der Waals surface area contributed by atoms with E-state index in [1.54, 1.807) is 0 Å². The third-order valence-electron chi connectivity index (χ3n) is 4.06. The molecule has 0 radical (unpaired) electrons. The number of benzene rings is 1. The number of rotatable bonds is 8. The highest BCUT2D eigenvalue weighted by Gasteiger charge is 2.08. The maximum atomic E-state index is 5.86. The van der Waals surface area contributed by atoms with Crippen LogP contribution in [-0.2, 0) is 4.74 Å². The summed E-state index contributed by atoms with van der Waals surface area (Å²) in [5.74, 6) is 1.04. The smallest absolute Gasteiger partial charge is 0.122 e. The molecule has 1 aromatic rings. The van der Waals surface area contributed by atoms with Crippen molar-refractivity contribution in [3.05, 3.63) is 29.3 Å². The van der Waals surface area contributed by atoms with Gasteiger partial charge in [0.25, 0.3) is 0 Å². The molecular weight excluding hydrogens is 262 g/mol. The molecule has 118 valence electrons. The fourth-order valence-corrected chi connectivity index (χ4v) is 2.76. The quantitative estimate of drug-likeness (QED) is 0.683. The molecule has 0 amide bonds. The lowest BCUT2D eigenvalue weighted by atomic mass is 10.1. The molecule has 0 spiro atoms. The number of morpholine rings is 1. The summed E-state index contributed by atoms with van der Waals surface area (Å²) in [5, 5.41) is 0. The number of hydrogen-bond acceptors (Lipinski definition) is 3. The SMILES string of the molecule is Cc1ccc(OCCCCCCN2CCOCC2)c(C)c1. The van der Waals surface area contributed by atoms with Gasteiger partial charge in [-0.2, -0.15) is 0 Å². The molecule has 1 saturated heterocycles. The fourth-order valence-electron chi connectivity index (χ4n) is 2.76. The van der Waals surface area contributed by atoms with E-state index in [1.165, 1.54) is 36.9 Å². The van der Waals surface area contributed by atoms with Crippen LogP contribution in [0.25, 0.3) is 0 Å². The number of unbranched alkanes of at least 4 members (excludes halogenated alkanes) is 3. The van der Waals surface area contributed by atoms with Crippen LogP contribution in [0.2, 0.25) is 0 Å². The Balaban J connectivity index is 1.50. The van der Waals surface area contributed by atoms with Crippen LogP contribution in [0.4, 0.5) is 0 Å². The van der Waals surface area contributed by atoms with E-state index in [1.807, 2.05) is 0 Å². The molecule has 1 fully saturated rings. The molecule has 21 heavy (non-hydrogen) atoms. The maximum Gasteiger partial charge on any atom is 0.122 e. The van der Waals surface area contributed by atoms with Crippen molar-refractivity contribution in [1.82, 2.24) is 4.90 Å². The summed E-state index contributed by atoms with van der Waals surface area (Å²) in [5.41, 5.74) is 2.53. The average molecular weight is 291 g/mol. The molecule has 0 aliphatic carbocycles. The van der Waals surface area contributed by atoms with E-state index in [0.717, 1.165) is 45.1 Å². The van der Waals surface area contributed by atoms with Gasteiger partial charge in [-0.05, 0) is 44.9 Å². The van der Waals surface area contributed by atoms with Crippen molar-refractivity contribution in [2.75, 3.05) is 39.5 Å². The predicted molar refractivity (Wildman–Crippen MR) is 87.1 cm³/mol. The highest BCUT2D eigenvalue weighted by atomic mass is 16.5. The van der Waals surface area contributed by atoms with Gasteiger partial charge in [0.15, 0.2) is 0 Å². The standard InChI is InChI=1S/C18H29NO2/c1-16-7-8-18(17(2)15-16)21-12-6-4-3-5-9-19-10-13-20-14-11-19/h7-8,15H,3-6,9-14H2,1-2H3. The summed E-state index contributed by atoms with van der Waals surface area (Å²) in [6.45, 7) is 10.3. The van der Waals surface area contributed by atoms with E-state index in [4.69, 9.17) is 9.47 Å². The van der Waals surface area contributed by atoms with Gasteiger partial charge in [-0.15, -0.1) is 0 Å². The molecule has 0 bridgehead atoms. The molecule has 1 aromatic carbocycles. The molecule has 0 aromatic heterocycles. The Bertz CT molecular complexity index is 414. The van der Waals surface area contributed by atoms with Crippen molar-refractivity contribution >= 4 is 0 Å². The number of aryl methyl sites for hydroxylation is 2. The lowest BCUT2D eigenvalue weighted by Crippen LogP contribution is -2.36. The maximum absolute atomic E-state index is 5.86. The minimum atomic E-state index is 0.835. The molecule has 0 saturated carbocycles. The first kappa shape index (κ1) is 16.3. The lowest BCUT2D eigenvalue weighted by Gasteiger charge is -2.26.